The van der Waals surface area contributed by atoms with Crippen molar-refractivity contribution in [3.05, 3.63) is 83.9 Å². The van der Waals surface area contributed by atoms with Crippen LogP contribution in [-0.2, 0) is 13.1 Å². The number of hydrogen-bond acceptors (Lipinski definition) is 1. The van der Waals surface area contributed by atoms with Crippen molar-refractivity contribution < 1.29 is 0 Å². The van der Waals surface area contributed by atoms with Gasteiger partial charge in [-0.15, -0.1) is 0 Å². The summed E-state index contributed by atoms with van der Waals surface area (Å²) in [6.45, 7) is 6.29. The van der Waals surface area contributed by atoms with Crippen molar-refractivity contribution in [1.29, 1.82) is 0 Å². The molecule has 0 saturated carbocycles. The summed E-state index contributed by atoms with van der Waals surface area (Å²) in [4.78, 5) is 2.49. The first-order chi connectivity index (χ1) is 9.79. The number of allylic oxidation sites excluding steroid dienone is 1. The van der Waals surface area contributed by atoms with Crippen molar-refractivity contribution in [2.75, 3.05) is 0 Å². The highest BCUT2D eigenvalue weighted by molar-refractivity contribution is 5.17. The molecular formula is C19H23N. The SMILES string of the molecule is C/C=C/[C@H](C)N(Cc1ccccc1)Cc1ccccc1. The van der Waals surface area contributed by atoms with E-state index in [1.807, 2.05) is 0 Å². The van der Waals surface area contributed by atoms with E-state index in [0.29, 0.717) is 6.04 Å². The van der Waals surface area contributed by atoms with Gasteiger partial charge in [0.05, 0.1) is 0 Å². The lowest BCUT2D eigenvalue weighted by Gasteiger charge is -2.27. The third-order valence-corrected chi connectivity index (χ3v) is 3.50. The first-order valence-corrected chi connectivity index (χ1v) is 7.24. The molecule has 0 fully saturated rings. The summed E-state index contributed by atoms with van der Waals surface area (Å²) < 4.78 is 0. The lowest BCUT2D eigenvalue weighted by Crippen LogP contribution is -2.30. The molecule has 2 aromatic carbocycles. The van der Waals surface area contributed by atoms with Crippen LogP contribution in [0.4, 0.5) is 0 Å². The van der Waals surface area contributed by atoms with Crippen molar-refractivity contribution >= 4 is 0 Å². The zero-order chi connectivity index (χ0) is 14.2. The standard InChI is InChI=1S/C19H23N/c1-3-10-17(2)20(15-18-11-6-4-7-12-18)16-19-13-8-5-9-14-19/h3-14,17H,15-16H2,1-2H3/b10-3+/t17-/m0/s1. The molecule has 2 aromatic rings. The molecule has 20 heavy (non-hydrogen) atoms. The van der Waals surface area contributed by atoms with Crippen LogP contribution in [0.25, 0.3) is 0 Å². The Morgan fingerprint density at radius 3 is 1.70 bits per heavy atom. The van der Waals surface area contributed by atoms with Crippen molar-refractivity contribution in [3.8, 4) is 0 Å². The molecule has 0 bridgehead atoms. The molecule has 0 spiro atoms. The summed E-state index contributed by atoms with van der Waals surface area (Å²) in [7, 11) is 0. The fourth-order valence-corrected chi connectivity index (χ4v) is 2.38. The van der Waals surface area contributed by atoms with Crippen LogP contribution in [0.1, 0.15) is 25.0 Å². The van der Waals surface area contributed by atoms with Gasteiger partial charge in [-0.1, -0.05) is 72.8 Å². The van der Waals surface area contributed by atoms with Crippen LogP contribution < -0.4 is 0 Å². The van der Waals surface area contributed by atoms with Gasteiger partial charge in [0.1, 0.15) is 0 Å². The van der Waals surface area contributed by atoms with Crippen LogP contribution in [0.5, 0.6) is 0 Å². The van der Waals surface area contributed by atoms with Crippen LogP contribution >= 0.6 is 0 Å². The lowest BCUT2D eigenvalue weighted by molar-refractivity contribution is 0.223. The monoisotopic (exact) mass is 265 g/mol. The van der Waals surface area contributed by atoms with E-state index in [-0.39, 0.29) is 0 Å². The van der Waals surface area contributed by atoms with Crippen molar-refractivity contribution in [2.45, 2.75) is 33.0 Å². The maximum atomic E-state index is 2.49. The molecule has 0 aliphatic rings. The first-order valence-electron chi connectivity index (χ1n) is 7.24. The maximum Gasteiger partial charge on any atom is 0.0256 e. The van der Waals surface area contributed by atoms with Gasteiger partial charge in [-0.25, -0.2) is 0 Å². The molecule has 0 unspecified atom stereocenters. The molecule has 0 aliphatic carbocycles. The van der Waals surface area contributed by atoms with E-state index in [2.05, 4.69) is 91.6 Å². The molecule has 1 atom stereocenters. The summed E-state index contributed by atoms with van der Waals surface area (Å²) in [5, 5.41) is 0. The summed E-state index contributed by atoms with van der Waals surface area (Å²) in [5.74, 6) is 0. The normalized spacial score (nSPS) is 12.9. The Kier molecular flexibility index (Phi) is 5.57. The van der Waals surface area contributed by atoms with Crippen LogP contribution in [0.15, 0.2) is 72.8 Å². The Morgan fingerprint density at radius 2 is 1.30 bits per heavy atom. The number of benzene rings is 2. The molecule has 0 N–H and O–H groups in total. The number of nitrogens with zero attached hydrogens (tertiary/aromatic N) is 1. The van der Waals surface area contributed by atoms with Gasteiger partial charge in [0.25, 0.3) is 0 Å². The van der Waals surface area contributed by atoms with Crippen LogP contribution in [-0.4, -0.2) is 10.9 Å². The molecule has 0 heterocycles. The average molecular weight is 265 g/mol. The predicted octanol–water partition coefficient (Wildman–Crippen LogP) is 4.65. The van der Waals surface area contributed by atoms with Gasteiger partial charge in [-0.05, 0) is 25.0 Å². The van der Waals surface area contributed by atoms with E-state index in [9.17, 15) is 0 Å². The highest BCUT2D eigenvalue weighted by Crippen LogP contribution is 2.14. The summed E-state index contributed by atoms with van der Waals surface area (Å²) in [5.41, 5.74) is 2.72. The van der Waals surface area contributed by atoms with Gasteiger partial charge in [0, 0.05) is 19.1 Å². The van der Waals surface area contributed by atoms with Gasteiger partial charge in [0.2, 0.25) is 0 Å². The molecule has 0 aliphatic heterocycles. The largest absolute Gasteiger partial charge is 0.289 e. The number of rotatable bonds is 6. The van der Waals surface area contributed by atoms with Crippen molar-refractivity contribution in [2.24, 2.45) is 0 Å². The van der Waals surface area contributed by atoms with E-state index < -0.39 is 0 Å². The molecule has 0 aromatic heterocycles. The second kappa shape index (κ2) is 7.66. The van der Waals surface area contributed by atoms with E-state index in [0.717, 1.165) is 13.1 Å². The Hall–Kier alpha value is -1.86. The molecule has 0 amide bonds. The third kappa shape index (κ3) is 4.36. The average Bonchev–Trinajstić information content (AvgIpc) is 2.49. The predicted molar refractivity (Wildman–Crippen MR) is 86.4 cm³/mol. The van der Waals surface area contributed by atoms with E-state index in [4.69, 9.17) is 0 Å². The van der Waals surface area contributed by atoms with E-state index >= 15 is 0 Å². The first kappa shape index (κ1) is 14.5. The van der Waals surface area contributed by atoms with Gasteiger partial charge in [-0.2, -0.15) is 0 Å². The van der Waals surface area contributed by atoms with Gasteiger partial charge in [0.15, 0.2) is 0 Å². The summed E-state index contributed by atoms with van der Waals surface area (Å²) >= 11 is 0. The van der Waals surface area contributed by atoms with Gasteiger partial charge >= 0.3 is 0 Å². The molecule has 0 radical (unpaired) electrons. The highest BCUT2D eigenvalue weighted by atomic mass is 15.1. The molecule has 104 valence electrons. The minimum Gasteiger partial charge on any atom is -0.289 e. The molecular weight excluding hydrogens is 242 g/mol. The van der Waals surface area contributed by atoms with E-state index in [1.165, 1.54) is 11.1 Å². The fourth-order valence-electron chi connectivity index (χ4n) is 2.38. The zero-order valence-electron chi connectivity index (χ0n) is 12.4. The van der Waals surface area contributed by atoms with Crippen molar-refractivity contribution in [3.63, 3.8) is 0 Å². The smallest absolute Gasteiger partial charge is 0.0256 e. The Labute approximate surface area is 122 Å². The van der Waals surface area contributed by atoms with Gasteiger partial charge < -0.3 is 0 Å². The molecule has 1 nitrogen and oxygen atoms in total. The van der Waals surface area contributed by atoms with Crippen LogP contribution in [0.2, 0.25) is 0 Å². The Morgan fingerprint density at radius 1 is 0.850 bits per heavy atom. The molecule has 0 saturated heterocycles. The maximum absolute atomic E-state index is 2.49. The second-order valence-corrected chi connectivity index (χ2v) is 5.14. The van der Waals surface area contributed by atoms with E-state index in [1.54, 1.807) is 0 Å². The fraction of sp³-hybridized carbons (Fsp3) is 0.263. The topological polar surface area (TPSA) is 3.24 Å². The summed E-state index contributed by atoms with van der Waals surface area (Å²) in [6, 6.07) is 21.8. The minimum absolute atomic E-state index is 0.431. The minimum atomic E-state index is 0.431. The second-order valence-electron chi connectivity index (χ2n) is 5.14. The summed E-state index contributed by atoms with van der Waals surface area (Å²) in [6.07, 6.45) is 4.39. The Balaban J connectivity index is 2.12. The third-order valence-electron chi connectivity index (χ3n) is 3.50. The van der Waals surface area contributed by atoms with Crippen LogP contribution in [0, 0.1) is 0 Å². The lowest BCUT2D eigenvalue weighted by atomic mass is 10.1. The molecule has 2 rings (SSSR count). The molecule has 1 heteroatoms. The zero-order valence-corrected chi connectivity index (χ0v) is 12.4. The Bertz CT molecular complexity index is 474. The quantitative estimate of drug-likeness (QED) is 0.687. The van der Waals surface area contributed by atoms with Crippen molar-refractivity contribution in [1.82, 2.24) is 4.90 Å². The highest BCUT2D eigenvalue weighted by Gasteiger charge is 2.12. The van der Waals surface area contributed by atoms with Crippen LogP contribution in [0.3, 0.4) is 0 Å². The van der Waals surface area contributed by atoms with Gasteiger partial charge in [-0.3, -0.25) is 4.90 Å². The number of hydrogen-bond donors (Lipinski definition) is 0.